The first-order valence-corrected chi connectivity index (χ1v) is 4.86. The van der Waals surface area contributed by atoms with Crippen molar-refractivity contribution < 1.29 is 14.1 Å². The number of nitro groups is 1. The second-order valence-electron chi connectivity index (χ2n) is 2.81. The maximum absolute atomic E-state index is 13.7. The van der Waals surface area contributed by atoms with Gasteiger partial charge in [-0.1, -0.05) is 11.6 Å². The van der Waals surface area contributed by atoms with Crippen molar-refractivity contribution in [3.63, 3.8) is 0 Å². The van der Waals surface area contributed by atoms with E-state index < -0.39 is 10.7 Å². The first kappa shape index (κ1) is 12.4. The van der Waals surface area contributed by atoms with E-state index in [0.29, 0.717) is 12.8 Å². The lowest BCUT2D eigenvalue weighted by Gasteiger charge is -2.07. The predicted octanol–water partition coefficient (Wildman–Crippen LogP) is 3.13. The highest BCUT2D eigenvalue weighted by Crippen LogP contribution is 2.28. The Hall–Kier alpha value is -1.62. The lowest BCUT2D eigenvalue weighted by molar-refractivity contribution is -0.400. The zero-order chi connectivity index (χ0) is 12.1. The van der Waals surface area contributed by atoms with Gasteiger partial charge in [-0.2, -0.15) is 0 Å². The standard InChI is InChI=1S/C10H9ClFNO3/c1-2-16-9-4-3-8(11)7(10(9)12)5-6-13(14)15/h3-6H,2H2,1H3/b6-5+. The summed E-state index contributed by atoms with van der Waals surface area (Å²) >= 11 is 5.72. The summed E-state index contributed by atoms with van der Waals surface area (Å²) in [6.07, 6.45) is 1.63. The number of benzene rings is 1. The Morgan fingerprint density at radius 3 is 2.88 bits per heavy atom. The van der Waals surface area contributed by atoms with Crippen LogP contribution in [0, 0.1) is 15.9 Å². The summed E-state index contributed by atoms with van der Waals surface area (Å²) in [5.74, 6) is -0.678. The van der Waals surface area contributed by atoms with Gasteiger partial charge in [0.15, 0.2) is 11.6 Å². The molecular formula is C10H9ClFNO3. The van der Waals surface area contributed by atoms with Gasteiger partial charge in [-0.15, -0.1) is 0 Å². The molecule has 0 amide bonds. The topological polar surface area (TPSA) is 52.4 Å². The van der Waals surface area contributed by atoms with Crippen LogP contribution in [0.15, 0.2) is 18.3 Å². The Bertz CT molecular complexity index is 434. The highest BCUT2D eigenvalue weighted by Gasteiger charge is 2.11. The fourth-order valence-corrected chi connectivity index (χ4v) is 1.31. The van der Waals surface area contributed by atoms with Crippen molar-refractivity contribution in [3.05, 3.63) is 44.9 Å². The second-order valence-corrected chi connectivity index (χ2v) is 3.21. The van der Waals surface area contributed by atoms with Crippen LogP contribution in [0.25, 0.3) is 6.08 Å². The van der Waals surface area contributed by atoms with E-state index in [4.69, 9.17) is 16.3 Å². The van der Waals surface area contributed by atoms with Crippen molar-refractivity contribution in [2.45, 2.75) is 6.92 Å². The maximum Gasteiger partial charge on any atom is 0.235 e. The molecule has 1 aromatic rings. The summed E-state index contributed by atoms with van der Waals surface area (Å²) in [5.41, 5.74) is -0.0516. The Balaban J connectivity index is 3.15. The van der Waals surface area contributed by atoms with Gasteiger partial charge in [0, 0.05) is 11.6 Å². The van der Waals surface area contributed by atoms with E-state index in [-0.39, 0.29) is 16.3 Å². The molecule has 0 radical (unpaired) electrons. The van der Waals surface area contributed by atoms with Crippen LogP contribution >= 0.6 is 11.6 Å². The van der Waals surface area contributed by atoms with Crippen molar-refractivity contribution >= 4 is 17.7 Å². The molecule has 0 saturated carbocycles. The molecular weight excluding hydrogens is 237 g/mol. The minimum atomic E-state index is -0.701. The highest BCUT2D eigenvalue weighted by atomic mass is 35.5. The number of ether oxygens (including phenoxy) is 1. The smallest absolute Gasteiger partial charge is 0.235 e. The van der Waals surface area contributed by atoms with Gasteiger partial charge in [-0.3, -0.25) is 10.1 Å². The molecule has 0 aliphatic carbocycles. The Labute approximate surface area is 96.4 Å². The van der Waals surface area contributed by atoms with Crippen molar-refractivity contribution in [3.8, 4) is 5.75 Å². The molecule has 1 aromatic carbocycles. The second kappa shape index (κ2) is 5.46. The molecule has 0 N–H and O–H groups in total. The van der Waals surface area contributed by atoms with Crippen LogP contribution in [0.3, 0.4) is 0 Å². The van der Waals surface area contributed by atoms with E-state index >= 15 is 0 Å². The number of nitrogens with zero attached hydrogens (tertiary/aromatic N) is 1. The third-order valence-corrected chi connectivity index (χ3v) is 2.08. The van der Waals surface area contributed by atoms with E-state index in [1.165, 1.54) is 12.1 Å². The summed E-state index contributed by atoms with van der Waals surface area (Å²) in [6.45, 7) is 2.01. The van der Waals surface area contributed by atoms with Gasteiger partial charge in [-0.25, -0.2) is 4.39 Å². The van der Waals surface area contributed by atoms with Crippen molar-refractivity contribution in [2.75, 3.05) is 6.61 Å². The molecule has 0 bridgehead atoms. The van der Waals surface area contributed by atoms with Gasteiger partial charge < -0.3 is 4.74 Å². The molecule has 1 rings (SSSR count). The zero-order valence-corrected chi connectivity index (χ0v) is 9.20. The van der Waals surface area contributed by atoms with Gasteiger partial charge in [0.1, 0.15) is 0 Å². The maximum atomic E-state index is 13.7. The Morgan fingerprint density at radius 2 is 2.31 bits per heavy atom. The monoisotopic (exact) mass is 245 g/mol. The predicted molar refractivity (Wildman–Crippen MR) is 58.6 cm³/mol. The lowest BCUT2D eigenvalue weighted by atomic mass is 10.2. The first-order chi connectivity index (χ1) is 7.56. The van der Waals surface area contributed by atoms with Crippen molar-refractivity contribution in [1.29, 1.82) is 0 Å². The molecule has 0 fully saturated rings. The number of hydrogen-bond acceptors (Lipinski definition) is 3. The van der Waals surface area contributed by atoms with Crippen LogP contribution in [-0.4, -0.2) is 11.5 Å². The largest absolute Gasteiger partial charge is 0.491 e. The summed E-state index contributed by atoms with van der Waals surface area (Å²) in [6, 6.07) is 2.81. The summed E-state index contributed by atoms with van der Waals surface area (Å²) in [5, 5.41) is 10.2. The van der Waals surface area contributed by atoms with Crippen LogP contribution < -0.4 is 4.74 Å². The quantitative estimate of drug-likeness (QED) is 0.605. The van der Waals surface area contributed by atoms with Gasteiger partial charge in [-0.05, 0) is 19.1 Å². The van der Waals surface area contributed by atoms with E-state index in [0.717, 1.165) is 6.08 Å². The zero-order valence-electron chi connectivity index (χ0n) is 8.44. The molecule has 0 heterocycles. The first-order valence-electron chi connectivity index (χ1n) is 4.48. The van der Waals surface area contributed by atoms with Gasteiger partial charge in [0.05, 0.1) is 16.6 Å². The van der Waals surface area contributed by atoms with Crippen LogP contribution in [-0.2, 0) is 0 Å². The molecule has 6 heteroatoms. The minimum absolute atomic E-state index is 0.0231. The number of halogens is 2. The molecule has 0 spiro atoms. The van der Waals surface area contributed by atoms with E-state index in [1.54, 1.807) is 6.92 Å². The summed E-state index contributed by atoms with van der Waals surface area (Å²) in [7, 11) is 0. The third-order valence-electron chi connectivity index (χ3n) is 1.75. The third kappa shape index (κ3) is 2.93. The van der Waals surface area contributed by atoms with Crippen LogP contribution in [0.1, 0.15) is 12.5 Å². The molecule has 86 valence electrons. The molecule has 0 aromatic heterocycles. The van der Waals surface area contributed by atoms with Crippen LogP contribution in [0.4, 0.5) is 4.39 Å². The summed E-state index contributed by atoms with van der Waals surface area (Å²) < 4.78 is 18.7. The van der Waals surface area contributed by atoms with Gasteiger partial charge in [0.25, 0.3) is 0 Å². The van der Waals surface area contributed by atoms with Crippen LogP contribution in [0.5, 0.6) is 5.75 Å². The van der Waals surface area contributed by atoms with E-state index in [9.17, 15) is 14.5 Å². The Morgan fingerprint density at radius 1 is 1.62 bits per heavy atom. The van der Waals surface area contributed by atoms with Gasteiger partial charge >= 0.3 is 0 Å². The molecule has 0 aliphatic heterocycles. The molecule has 16 heavy (non-hydrogen) atoms. The molecule has 4 nitrogen and oxygen atoms in total. The summed E-state index contributed by atoms with van der Waals surface area (Å²) in [4.78, 5) is 9.44. The van der Waals surface area contributed by atoms with Crippen LogP contribution in [0.2, 0.25) is 5.02 Å². The normalized spacial score (nSPS) is 10.7. The Kier molecular flexibility index (Phi) is 4.25. The lowest BCUT2D eigenvalue weighted by Crippen LogP contribution is -1.97. The SMILES string of the molecule is CCOc1ccc(Cl)c(/C=C/[N+](=O)[O-])c1F. The number of rotatable bonds is 4. The highest BCUT2D eigenvalue weighted by molar-refractivity contribution is 6.32. The molecule has 0 aliphatic rings. The average Bonchev–Trinajstić information content (AvgIpc) is 2.22. The minimum Gasteiger partial charge on any atom is -0.491 e. The van der Waals surface area contributed by atoms with Crippen molar-refractivity contribution in [2.24, 2.45) is 0 Å². The van der Waals surface area contributed by atoms with E-state index in [2.05, 4.69) is 0 Å². The molecule has 0 atom stereocenters. The fourth-order valence-electron chi connectivity index (χ4n) is 1.10. The average molecular weight is 246 g/mol. The van der Waals surface area contributed by atoms with Gasteiger partial charge in [0.2, 0.25) is 6.20 Å². The van der Waals surface area contributed by atoms with E-state index in [1.807, 2.05) is 0 Å². The fraction of sp³-hybridized carbons (Fsp3) is 0.200. The van der Waals surface area contributed by atoms with Crippen molar-refractivity contribution in [1.82, 2.24) is 0 Å². The molecule has 0 unspecified atom stereocenters. The number of hydrogen-bond donors (Lipinski definition) is 0. The molecule has 0 saturated heterocycles.